The van der Waals surface area contributed by atoms with Gasteiger partial charge in [-0.15, -0.1) is 0 Å². The Morgan fingerprint density at radius 2 is 2.07 bits per heavy atom. The number of rotatable bonds is 5. The first-order valence-corrected chi connectivity index (χ1v) is 5.48. The Kier molecular flexibility index (Phi) is 3.72. The molecule has 1 N–H and O–H groups in total. The maximum absolute atomic E-state index is 11.8. The van der Waals surface area contributed by atoms with E-state index in [2.05, 4.69) is 6.92 Å². The molecule has 1 unspecified atom stereocenters. The van der Waals surface area contributed by atoms with Crippen LogP contribution in [0.1, 0.15) is 33.1 Å². The van der Waals surface area contributed by atoms with E-state index in [0.717, 1.165) is 12.8 Å². The van der Waals surface area contributed by atoms with Crippen molar-refractivity contribution >= 4 is 11.9 Å². The molecule has 0 heterocycles. The first-order chi connectivity index (χ1) is 6.99. The molecule has 0 aromatic rings. The summed E-state index contributed by atoms with van der Waals surface area (Å²) in [6.07, 6.45) is 2.51. The summed E-state index contributed by atoms with van der Waals surface area (Å²) in [5.74, 6) is -1.56. The Bertz CT molecular complexity index is 265. The molecule has 4 heteroatoms. The van der Waals surface area contributed by atoms with Crippen molar-refractivity contribution in [1.82, 2.24) is 4.90 Å². The molecule has 0 radical (unpaired) electrons. The molecule has 0 aromatic carbocycles. The van der Waals surface area contributed by atoms with E-state index in [-0.39, 0.29) is 17.9 Å². The van der Waals surface area contributed by atoms with Crippen LogP contribution in [-0.4, -0.2) is 35.0 Å². The molecule has 1 rings (SSSR count). The molecule has 4 nitrogen and oxygen atoms in total. The molecule has 15 heavy (non-hydrogen) atoms. The van der Waals surface area contributed by atoms with Crippen molar-refractivity contribution in [2.24, 2.45) is 11.8 Å². The van der Waals surface area contributed by atoms with Crippen LogP contribution >= 0.6 is 0 Å². The van der Waals surface area contributed by atoms with E-state index < -0.39 is 11.9 Å². The van der Waals surface area contributed by atoms with E-state index >= 15 is 0 Å². The number of carboxylic acid groups (broad SMARTS) is 1. The molecule has 0 aliphatic heterocycles. The standard InChI is InChI=1S/C11H19NO3/c1-4-5-7(2)12(3)10(13)8-6-9(8)11(14)15/h7-9H,4-6H2,1-3H3,(H,14,15)/t7?,8-,9+/m1/s1. The van der Waals surface area contributed by atoms with E-state index in [1.807, 2.05) is 6.92 Å². The predicted octanol–water partition coefficient (Wildman–Crippen LogP) is 1.35. The van der Waals surface area contributed by atoms with Crippen LogP contribution in [0.15, 0.2) is 0 Å². The SMILES string of the molecule is CCCC(C)N(C)C(=O)[C@@H]1C[C@@H]1C(=O)O. The largest absolute Gasteiger partial charge is 0.481 e. The lowest BCUT2D eigenvalue weighted by Crippen LogP contribution is -2.36. The van der Waals surface area contributed by atoms with Crippen molar-refractivity contribution in [1.29, 1.82) is 0 Å². The zero-order chi connectivity index (χ0) is 11.6. The number of hydrogen-bond donors (Lipinski definition) is 1. The Hall–Kier alpha value is -1.06. The molecule has 1 aliphatic rings. The molecule has 0 bridgehead atoms. The van der Waals surface area contributed by atoms with Crippen molar-refractivity contribution < 1.29 is 14.7 Å². The number of aliphatic carboxylic acids is 1. The number of carbonyl (C=O) groups is 2. The number of carbonyl (C=O) groups excluding carboxylic acids is 1. The van der Waals surface area contributed by atoms with Crippen LogP contribution in [0.4, 0.5) is 0 Å². The fraction of sp³-hybridized carbons (Fsp3) is 0.818. The third kappa shape index (κ3) is 2.70. The smallest absolute Gasteiger partial charge is 0.307 e. The quantitative estimate of drug-likeness (QED) is 0.750. The van der Waals surface area contributed by atoms with Crippen LogP contribution in [0.3, 0.4) is 0 Å². The van der Waals surface area contributed by atoms with Crippen LogP contribution in [0.2, 0.25) is 0 Å². The topological polar surface area (TPSA) is 57.6 Å². The zero-order valence-corrected chi connectivity index (χ0v) is 9.56. The summed E-state index contributed by atoms with van der Waals surface area (Å²) in [4.78, 5) is 24.1. The van der Waals surface area contributed by atoms with Crippen LogP contribution in [0.5, 0.6) is 0 Å². The molecule has 0 saturated heterocycles. The molecule has 0 aromatic heterocycles. The number of carboxylic acids is 1. The lowest BCUT2D eigenvalue weighted by Gasteiger charge is -2.24. The van der Waals surface area contributed by atoms with Crippen molar-refractivity contribution in [3.8, 4) is 0 Å². The van der Waals surface area contributed by atoms with Gasteiger partial charge in [0.2, 0.25) is 5.91 Å². The summed E-state index contributed by atoms with van der Waals surface area (Å²) in [7, 11) is 1.76. The highest BCUT2D eigenvalue weighted by Crippen LogP contribution is 2.40. The van der Waals surface area contributed by atoms with Gasteiger partial charge >= 0.3 is 5.97 Å². The van der Waals surface area contributed by atoms with Crippen LogP contribution in [0.25, 0.3) is 0 Å². The number of hydrogen-bond acceptors (Lipinski definition) is 2. The van der Waals surface area contributed by atoms with Gasteiger partial charge in [0.15, 0.2) is 0 Å². The first kappa shape index (κ1) is 12.0. The number of amides is 1. The molecule has 1 amide bonds. The van der Waals surface area contributed by atoms with Crippen molar-refractivity contribution in [3.63, 3.8) is 0 Å². The summed E-state index contributed by atoms with van der Waals surface area (Å²) < 4.78 is 0. The Morgan fingerprint density at radius 3 is 2.47 bits per heavy atom. The fourth-order valence-electron chi connectivity index (χ4n) is 1.83. The van der Waals surface area contributed by atoms with Gasteiger partial charge in [0, 0.05) is 13.1 Å². The highest BCUT2D eigenvalue weighted by Gasteiger charge is 2.49. The lowest BCUT2D eigenvalue weighted by molar-refractivity contribution is -0.142. The van der Waals surface area contributed by atoms with Crippen LogP contribution in [0, 0.1) is 11.8 Å². The third-order valence-corrected chi connectivity index (χ3v) is 3.14. The first-order valence-electron chi connectivity index (χ1n) is 5.48. The molecule has 86 valence electrons. The van der Waals surface area contributed by atoms with Gasteiger partial charge < -0.3 is 10.0 Å². The molecule has 3 atom stereocenters. The molecule has 1 fully saturated rings. The van der Waals surface area contributed by atoms with Crippen LogP contribution < -0.4 is 0 Å². The minimum Gasteiger partial charge on any atom is -0.481 e. The minimum atomic E-state index is -0.843. The molecule has 1 saturated carbocycles. The highest BCUT2D eigenvalue weighted by molar-refractivity contribution is 5.89. The Morgan fingerprint density at radius 1 is 1.47 bits per heavy atom. The molecular weight excluding hydrogens is 194 g/mol. The average molecular weight is 213 g/mol. The number of nitrogens with zero attached hydrogens (tertiary/aromatic N) is 1. The Labute approximate surface area is 90.3 Å². The molecule has 0 spiro atoms. The van der Waals surface area contributed by atoms with E-state index in [4.69, 9.17) is 5.11 Å². The van der Waals surface area contributed by atoms with Crippen molar-refractivity contribution in [3.05, 3.63) is 0 Å². The van der Waals surface area contributed by atoms with Gasteiger partial charge in [0.1, 0.15) is 0 Å². The van der Waals surface area contributed by atoms with Crippen molar-refractivity contribution in [2.45, 2.75) is 39.2 Å². The zero-order valence-electron chi connectivity index (χ0n) is 9.56. The molecular formula is C11H19NO3. The van der Waals surface area contributed by atoms with Gasteiger partial charge in [-0.1, -0.05) is 13.3 Å². The monoisotopic (exact) mass is 213 g/mol. The summed E-state index contributed by atoms with van der Waals surface area (Å²) in [5.41, 5.74) is 0. The normalized spacial score (nSPS) is 25.8. The van der Waals surface area contributed by atoms with Gasteiger partial charge in [0.05, 0.1) is 11.8 Å². The highest BCUT2D eigenvalue weighted by atomic mass is 16.4. The predicted molar refractivity (Wildman–Crippen MR) is 56.4 cm³/mol. The van der Waals surface area contributed by atoms with E-state index in [9.17, 15) is 9.59 Å². The van der Waals surface area contributed by atoms with Crippen LogP contribution in [-0.2, 0) is 9.59 Å². The second-order valence-electron chi connectivity index (χ2n) is 4.37. The van der Waals surface area contributed by atoms with Gasteiger partial charge in [-0.2, -0.15) is 0 Å². The summed E-state index contributed by atoms with van der Waals surface area (Å²) in [5, 5.41) is 8.73. The summed E-state index contributed by atoms with van der Waals surface area (Å²) in [6.45, 7) is 4.07. The Balaban J connectivity index is 2.45. The summed E-state index contributed by atoms with van der Waals surface area (Å²) in [6, 6.07) is 0.206. The van der Waals surface area contributed by atoms with E-state index in [1.165, 1.54) is 0 Å². The summed E-state index contributed by atoms with van der Waals surface area (Å²) >= 11 is 0. The van der Waals surface area contributed by atoms with E-state index in [1.54, 1.807) is 11.9 Å². The maximum Gasteiger partial charge on any atom is 0.307 e. The van der Waals surface area contributed by atoms with Crippen molar-refractivity contribution in [2.75, 3.05) is 7.05 Å². The maximum atomic E-state index is 11.8. The lowest BCUT2D eigenvalue weighted by atomic mass is 10.1. The van der Waals surface area contributed by atoms with E-state index in [0.29, 0.717) is 6.42 Å². The fourth-order valence-corrected chi connectivity index (χ4v) is 1.83. The van der Waals surface area contributed by atoms with Gasteiger partial charge in [-0.3, -0.25) is 9.59 Å². The van der Waals surface area contributed by atoms with Gasteiger partial charge in [-0.05, 0) is 19.8 Å². The van der Waals surface area contributed by atoms with Gasteiger partial charge in [0.25, 0.3) is 0 Å². The third-order valence-electron chi connectivity index (χ3n) is 3.14. The average Bonchev–Trinajstić information content (AvgIpc) is 2.95. The second kappa shape index (κ2) is 4.64. The van der Waals surface area contributed by atoms with Gasteiger partial charge in [-0.25, -0.2) is 0 Å². The minimum absolute atomic E-state index is 0.0108. The second-order valence-corrected chi connectivity index (χ2v) is 4.37. The molecule has 1 aliphatic carbocycles.